The van der Waals surface area contributed by atoms with Gasteiger partial charge in [-0.05, 0) is 19.4 Å². The Kier molecular flexibility index (Phi) is 5.50. The first kappa shape index (κ1) is 20.0. The molecule has 0 unspecified atom stereocenters. The fourth-order valence-electron chi connectivity index (χ4n) is 3.16. The van der Waals surface area contributed by atoms with E-state index < -0.39 is 33.9 Å². The number of ether oxygens (including phenoxy) is 1. The Hall–Kier alpha value is -2.75. The molecule has 1 amide bonds. The molecule has 1 N–H and O–H groups in total. The number of fused-ring (bicyclic) bond motifs is 1. The van der Waals surface area contributed by atoms with E-state index in [0.717, 1.165) is 4.68 Å². The van der Waals surface area contributed by atoms with Crippen LogP contribution in [0.25, 0.3) is 10.8 Å². The van der Waals surface area contributed by atoms with Crippen LogP contribution in [0.1, 0.15) is 19.0 Å². The van der Waals surface area contributed by atoms with Gasteiger partial charge < -0.3 is 10.1 Å². The summed E-state index contributed by atoms with van der Waals surface area (Å²) in [7, 11) is -1.62. The summed E-state index contributed by atoms with van der Waals surface area (Å²) >= 11 is 0. The monoisotopic (exact) mass is 407 g/mol. The molecule has 0 saturated carbocycles. The molecule has 0 bridgehead atoms. The summed E-state index contributed by atoms with van der Waals surface area (Å²) in [6.07, 6.45) is -0.929. The van der Waals surface area contributed by atoms with Crippen molar-refractivity contribution in [1.29, 1.82) is 0 Å². The van der Waals surface area contributed by atoms with Crippen molar-refractivity contribution in [2.24, 2.45) is 7.05 Å². The van der Waals surface area contributed by atoms with Gasteiger partial charge in [-0.15, -0.1) is 0 Å². The SMILES string of the molecule is C[C@@H](OC(=O)Cc1nn(C)c(=O)c2ccccc12)C(=O)N[C@@H]1CCS(=O)(=O)C1. The summed E-state index contributed by atoms with van der Waals surface area (Å²) < 4.78 is 29.3. The number of rotatable bonds is 5. The molecule has 3 rings (SSSR count). The molecule has 9 nitrogen and oxygen atoms in total. The van der Waals surface area contributed by atoms with Crippen molar-refractivity contribution in [1.82, 2.24) is 15.1 Å². The Morgan fingerprint density at radius 3 is 2.64 bits per heavy atom. The average molecular weight is 407 g/mol. The standard InChI is InChI=1S/C18H21N3O6S/c1-11(17(23)19-12-7-8-28(25,26)10-12)27-16(22)9-15-13-5-3-4-6-14(13)18(24)21(2)20-15/h3-6,11-12H,7-10H2,1-2H3,(H,19,23)/t11-,12-/m1/s1. The number of nitrogens with zero attached hydrogens (tertiary/aromatic N) is 2. The lowest BCUT2D eigenvalue weighted by molar-refractivity contribution is -0.154. The minimum absolute atomic E-state index is 0.0393. The quantitative estimate of drug-likeness (QED) is 0.675. The van der Waals surface area contributed by atoms with Gasteiger partial charge in [0.25, 0.3) is 11.5 Å². The van der Waals surface area contributed by atoms with Gasteiger partial charge in [-0.2, -0.15) is 5.10 Å². The molecule has 1 fully saturated rings. The van der Waals surface area contributed by atoms with Gasteiger partial charge in [-0.25, -0.2) is 13.1 Å². The highest BCUT2D eigenvalue weighted by molar-refractivity contribution is 7.91. The van der Waals surface area contributed by atoms with E-state index in [4.69, 9.17) is 4.74 Å². The number of sulfone groups is 1. The molecule has 1 saturated heterocycles. The van der Waals surface area contributed by atoms with Gasteiger partial charge in [-0.1, -0.05) is 18.2 Å². The van der Waals surface area contributed by atoms with Crippen LogP contribution in [0.2, 0.25) is 0 Å². The predicted molar refractivity (Wildman–Crippen MR) is 101 cm³/mol. The first-order valence-electron chi connectivity index (χ1n) is 8.81. The molecule has 150 valence electrons. The Morgan fingerprint density at radius 2 is 2.00 bits per heavy atom. The number of nitrogens with one attached hydrogen (secondary N) is 1. The Bertz CT molecular complexity index is 1090. The van der Waals surface area contributed by atoms with Gasteiger partial charge in [0.15, 0.2) is 15.9 Å². The van der Waals surface area contributed by atoms with Crippen LogP contribution in [0.5, 0.6) is 0 Å². The van der Waals surface area contributed by atoms with E-state index >= 15 is 0 Å². The van der Waals surface area contributed by atoms with Gasteiger partial charge in [-0.3, -0.25) is 14.4 Å². The lowest BCUT2D eigenvalue weighted by Gasteiger charge is -2.16. The van der Waals surface area contributed by atoms with Crippen molar-refractivity contribution >= 4 is 32.5 Å². The van der Waals surface area contributed by atoms with E-state index in [9.17, 15) is 22.8 Å². The third-order valence-electron chi connectivity index (χ3n) is 4.60. The highest BCUT2D eigenvalue weighted by Crippen LogP contribution is 2.15. The summed E-state index contributed by atoms with van der Waals surface area (Å²) in [5.41, 5.74) is 0.101. The fraction of sp³-hybridized carbons (Fsp3) is 0.444. The van der Waals surface area contributed by atoms with Crippen LogP contribution < -0.4 is 10.9 Å². The number of amides is 1. The van der Waals surface area contributed by atoms with E-state index in [1.165, 1.54) is 14.0 Å². The second-order valence-electron chi connectivity index (χ2n) is 6.84. The number of hydrogen-bond acceptors (Lipinski definition) is 7. The van der Waals surface area contributed by atoms with E-state index in [0.29, 0.717) is 22.9 Å². The molecule has 28 heavy (non-hydrogen) atoms. The molecule has 1 aromatic heterocycles. The number of aryl methyl sites for hydroxylation is 1. The second kappa shape index (κ2) is 7.70. The van der Waals surface area contributed by atoms with Crippen LogP contribution in [0.3, 0.4) is 0 Å². The molecule has 10 heteroatoms. The number of carbonyl (C=O) groups excluding carboxylic acids is 2. The van der Waals surface area contributed by atoms with Crippen LogP contribution in [-0.2, 0) is 37.6 Å². The van der Waals surface area contributed by atoms with Gasteiger partial charge >= 0.3 is 5.97 Å². The van der Waals surface area contributed by atoms with Crippen LogP contribution in [0.15, 0.2) is 29.1 Å². The van der Waals surface area contributed by atoms with Crippen molar-refractivity contribution in [2.45, 2.75) is 31.9 Å². The number of benzene rings is 1. The van der Waals surface area contributed by atoms with Crippen LogP contribution in [0.4, 0.5) is 0 Å². The molecule has 0 spiro atoms. The van der Waals surface area contributed by atoms with Crippen molar-refractivity contribution in [3.8, 4) is 0 Å². The lowest BCUT2D eigenvalue weighted by atomic mass is 10.1. The summed E-state index contributed by atoms with van der Waals surface area (Å²) in [6.45, 7) is 1.42. The zero-order valence-corrected chi connectivity index (χ0v) is 16.4. The van der Waals surface area contributed by atoms with Crippen LogP contribution >= 0.6 is 0 Å². The first-order chi connectivity index (χ1) is 13.2. The first-order valence-corrected chi connectivity index (χ1v) is 10.6. The molecular formula is C18H21N3O6S. The average Bonchev–Trinajstić information content (AvgIpc) is 2.97. The van der Waals surface area contributed by atoms with Crippen LogP contribution in [-0.4, -0.2) is 53.7 Å². The van der Waals surface area contributed by atoms with Crippen molar-refractivity contribution in [3.05, 3.63) is 40.3 Å². The fourth-order valence-corrected chi connectivity index (χ4v) is 4.84. The Morgan fingerprint density at radius 1 is 1.32 bits per heavy atom. The molecule has 1 aliphatic rings. The summed E-state index contributed by atoms with van der Waals surface area (Å²) in [6, 6.07) is 6.35. The maximum absolute atomic E-state index is 12.3. The smallest absolute Gasteiger partial charge is 0.312 e. The Labute approximate surface area is 161 Å². The molecular weight excluding hydrogens is 386 g/mol. The topological polar surface area (TPSA) is 124 Å². The lowest BCUT2D eigenvalue weighted by Crippen LogP contribution is -2.42. The van der Waals surface area contributed by atoms with Crippen molar-refractivity contribution in [3.63, 3.8) is 0 Å². The summed E-state index contributed by atoms with van der Waals surface area (Å²) in [4.78, 5) is 36.6. The maximum Gasteiger partial charge on any atom is 0.312 e. The van der Waals surface area contributed by atoms with E-state index in [-0.39, 0.29) is 23.5 Å². The molecule has 0 aliphatic carbocycles. The number of esters is 1. The number of carbonyl (C=O) groups is 2. The highest BCUT2D eigenvalue weighted by atomic mass is 32.2. The van der Waals surface area contributed by atoms with Gasteiger partial charge in [0.05, 0.1) is 29.0 Å². The molecule has 1 aliphatic heterocycles. The largest absolute Gasteiger partial charge is 0.452 e. The zero-order chi connectivity index (χ0) is 20.5. The van der Waals surface area contributed by atoms with Gasteiger partial charge in [0.1, 0.15) is 0 Å². The van der Waals surface area contributed by atoms with Crippen molar-refractivity contribution in [2.75, 3.05) is 11.5 Å². The predicted octanol–water partition coefficient (Wildman–Crippen LogP) is -0.289. The molecule has 2 atom stereocenters. The molecule has 2 aromatic rings. The normalized spacial score (nSPS) is 19.3. The molecule has 1 aromatic carbocycles. The molecule has 0 radical (unpaired) electrons. The second-order valence-corrected chi connectivity index (χ2v) is 9.07. The third-order valence-corrected chi connectivity index (χ3v) is 6.37. The van der Waals surface area contributed by atoms with E-state index in [1.54, 1.807) is 24.3 Å². The highest BCUT2D eigenvalue weighted by Gasteiger charge is 2.30. The van der Waals surface area contributed by atoms with Gasteiger partial charge in [0, 0.05) is 18.5 Å². The summed E-state index contributed by atoms with van der Waals surface area (Å²) in [5, 5.41) is 7.71. The Balaban J connectivity index is 1.66. The molecule has 2 heterocycles. The van der Waals surface area contributed by atoms with Crippen LogP contribution in [0, 0.1) is 0 Å². The minimum Gasteiger partial charge on any atom is -0.452 e. The van der Waals surface area contributed by atoms with E-state index in [2.05, 4.69) is 10.4 Å². The number of aromatic nitrogens is 2. The van der Waals surface area contributed by atoms with Crippen molar-refractivity contribution < 1.29 is 22.7 Å². The van der Waals surface area contributed by atoms with Gasteiger partial charge in [0.2, 0.25) is 0 Å². The summed E-state index contributed by atoms with van der Waals surface area (Å²) in [5.74, 6) is -1.28. The zero-order valence-electron chi connectivity index (χ0n) is 15.5. The maximum atomic E-state index is 12.3. The third kappa shape index (κ3) is 4.38. The van der Waals surface area contributed by atoms with E-state index in [1.807, 2.05) is 0 Å². The minimum atomic E-state index is -3.12. The number of hydrogen-bond donors (Lipinski definition) is 1.